The van der Waals surface area contributed by atoms with Crippen molar-refractivity contribution in [3.63, 3.8) is 0 Å². The fourth-order valence-corrected chi connectivity index (χ4v) is 13.4. The number of carbonyl (C=O) groups excluding carboxylic acids is 3. The number of pyridine rings is 1. The number of esters is 1. The molecule has 8 nitrogen and oxygen atoms in total. The van der Waals surface area contributed by atoms with E-state index in [-0.39, 0.29) is 57.9 Å². The first-order chi connectivity index (χ1) is 24.8. The Labute approximate surface area is 320 Å². The Morgan fingerprint density at radius 2 is 1.74 bits per heavy atom. The Morgan fingerprint density at radius 1 is 1.02 bits per heavy atom. The minimum atomic E-state index is -0.728. The molecule has 5 aliphatic carbocycles. The lowest BCUT2D eigenvalue weighted by Crippen LogP contribution is -2.63. The van der Waals surface area contributed by atoms with E-state index in [0.717, 1.165) is 68.9 Å². The van der Waals surface area contributed by atoms with Gasteiger partial charge in [-0.05, 0) is 122 Å². The average molecular weight is 746 g/mol. The first-order valence-electron chi connectivity index (χ1n) is 20.2. The first kappa shape index (κ1) is 38.3. The number of hydrogen-bond donors (Lipinski definition) is 0. The van der Waals surface area contributed by atoms with Crippen LogP contribution >= 0.6 is 11.6 Å². The third kappa shape index (κ3) is 5.77. The fraction of sp³-hybridized carbons (Fsp3) is 0.705. The third-order valence-electron chi connectivity index (χ3n) is 15.4. The lowest BCUT2D eigenvalue weighted by molar-refractivity contribution is -0.213. The minimum Gasteiger partial charge on any atom is -0.462 e. The molecule has 4 saturated carbocycles. The van der Waals surface area contributed by atoms with Gasteiger partial charge in [0.1, 0.15) is 12.4 Å². The van der Waals surface area contributed by atoms with Crippen LogP contribution in [0.5, 0.6) is 0 Å². The van der Waals surface area contributed by atoms with Crippen molar-refractivity contribution < 1.29 is 19.1 Å². The van der Waals surface area contributed by atoms with Crippen LogP contribution in [0.4, 0.5) is 0 Å². The second-order valence-corrected chi connectivity index (χ2v) is 19.9. The second-order valence-electron chi connectivity index (χ2n) is 19.5. The van der Waals surface area contributed by atoms with Crippen LogP contribution in [-0.4, -0.2) is 38.5 Å². The molecule has 0 radical (unpaired) electrons. The van der Waals surface area contributed by atoms with Gasteiger partial charge in [-0.25, -0.2) is 4.98 Å². The van der Waals surface area contributed by atoms with Gasteiger partial charge in [-0.1, -0.05) is 67.0 Å². The molecule has 0 N–H and O–H groups in total. The van der Waals surface area contributed by atoms with Crippen molar-refractivity contribution >= 4 is 29.6 Å². The topological polar surface area (TPSA) is 100 Å². The van der Waals surface area contributed by atoms with E-state index in [1.165, 1.54) is 5.57 Å². The average Bonchev–Trinajstić information content (AvgIpc) is 3.60. The summed E-state index contributed by atoms with van der Waals surface area (Å²) in [5.41, 5.74) is 1.96. The Balaban J connectivity index is 1.23. The molecule has 0 bridgehead atoms. The molecule has 0 saturated heterocycles. The highest BCUT2D eigenvalue weighted by Gasteiger charge is 2.67. The summed E-state index contributed by atoms with van der Waals surface area (Å²) in [5.74, 6) is 2.30. The molecular weight excluding hydrogens is 686 g/mol. The largest absolute Gasteiger partial charge is 0.462 e. The molecule has 2 aromatic rings. The van der Waals surface area contributed by atoms with Gasteiger partial charge in [0.05, 0.1) is 17.1 Å². The standard InChI is InChI=1S/C44H60ClN3O5/c1-10-47-33(21-36(51)48(47)35-14-11-27(45)24-46-35)44-20-15-29-28(39(44)38(26(2)3)30(50)22-44)12-13-32-42(29,8)18-16-31-41(6,7)34(17-19-43(31,32)9)53-37(52)23-40(4,5)25-49/h11,14,21,24-26,28-29,31-32,34H,10,12-13,15-20,22-23H2,1-9H3/t28?,29?,31-,32-,34?,42?,43?,44?/m0/s1. The number of hydrogen-bond acceptors (Lipinski definition) is 6. The van der Waals surface area contributed by atoms with E-state index >= 15 is 0 Å². The summed E-state index contributed by atoms with van der Waals surface area (Å²) in [6.07, 6.45) is 10.9. The third-order valence-corrected chi connectivity index (χ3v) is 15.7. The van der Waals surface area contributed by atoms with Gasteiger partial charge in [-0.3, -0.25) is 19.1 Å². The van der Waals surface area contributed by atoms with E-state index in [1.54, 1.807) is 42.9 Å². The molecule has 0 aromatic carbocycles. The van der Waals surface area contributed by atoms with Gasteiger partial charge in [0.2, 0.25) is 0 Å². The molecule has 0 spiro atoms. The molecule has 9 heteroatoms. The van der Waals surface area contributed by atoms with Crippen LogP contribution in [0.15, 0.2) is 40.3 Å². The maximum Gasteiger partial charge on any atom is 0.307 e. The summed E-state index contributed by atoms with van der Waals surface area (Å²) in [5, 5.41) is 0.518. The number of aldehydes is 1. The van der Waals surface area contributed by atoms with Gasteiger partial charge in [-0.15, -0.1) is 0 Å². The lowest BCUT2D eigenvalue weighted by atomic mass is 9.36. The van der Waals surface area contributed by atoms with E-state index in [2.05, 4.69) is 58.1 Å². The summed E-state index contributed by atoms with van der Waals surface area (Å²) < 4.78 is 9.96. The minimum absolute atomic E-state index is 0.101. The number of rotatable bonds is 8. The van der Waals surface area contributed by atoms with Crippen molar-refractivity contribution in [1.29, 1.82) is 0 Å². The molecule has 288 valence electrons. The van der Waals surface area contributed by atoms with Crippen LogP contribution < -0.4 is 5.56 Å². The molecule has 4 fully saturated rings. The normalized spacial score (nSPS) is 35.0. The number of halogens is 1. The van der Waals surface area contributed by atoms with Gasteiger partial charge in [-0.2, -0.15) is 4.68 Å². The van der Waals surface area contributed by atoms with Crippen molar-refractivity contribution in [3.05, 3.63) is 56.6 Å². The lowest BCUT2D eigenvalue weighted by Gasteiger charge is -2.68. The van der Waals surface area contributed by atoms with Crippen LogP contribution in [0, 0.1) is 51.2 Å². The summed E-state index contributed by atoms with van der Waals surface area (Å²) >= 11 is 6.18. The van der Waals surface area contributed by atoms with Crippen LogP contribution in [0.1, 0.15) is 132 Å². The summed E-state index contributed by atoms with van der Waals surface area (Å²) in [4.78, 5) is 57.3. The number of Topliss-reactive ketones (excluding diaryl/α,β-unsaturated/α-hetero) is 1. The Morgan fingerprint density at radius 3 is 2.38 bits per heavy atom. The number of carbonyl (C=O) groups is 3. The summed E-state index contributed by atoms with van der Waals surface area (Å²) in [6.45, 7) is 20.3. The second kappa shape index (κ2) is 13.1. The monoisotopic (exact) mass is 745 g/mol. The summed E-state index contributed by atoms with van der Waals surface area (Å²) in [7, 11) is 0. The van der Waals surface area contributed by atoms with Crippen LogP contribution in [0.3, 0.4) is 0 Å². The molecule has 6 unspecified atom stereocenters. The van der Waals surface area contributed by atoms with Gasteiger partial charge in [0.15, 0.2) is 11.6 Å². The fourth-order valence-electron chi connectivity index (χ4n) is 13.3. The smallest absolute Gasteiger partial charge is 0.307 e. The van der Waals surface area contributed by atoms with Crippen molar-refractivity contribution in [2.75, 3.05) is 0 Å². The maximum absolute atomic E-state index is 14.3. The summed E-state index contributed by atoms with van der Waals surface area (Å²) in [6, 6.07) is 5.35. The van der Waals surface area contributed by atoms with E-state index in [0.29, 0.717) is 41.6 Å². The number of ketones is 1. The van der Waals surface area contributed by atoms with E-state index in [9.17, 15) is 19.2 Å². The van der Waals surface area contributed by atoms with E-state index in [1.807, 2.05) is 0 Å². The number of ether oxygens (including phenoxy) is 1. The predicted octanol–water partition coefficient (Wildman–Crippen LogP) is 9.08. The van der Waals surface area contributed by atoms with E-state index < -0.39 is 10.8 Å². The molecule has 7 rings (SSSR count). The van der Waals surface area contributed by atoms with Crippen molar-refractivity contribution in [3.8, 4) is 5.82 Å². The van der Waals surface area contributed by atoms with Gasteiger partial charge in [0.25, 0.3) is 5.56 Å². The van der Waals surface area contributed by atoms with Crippen molar-refractivity contribution in [2.45, 2.75) is 145 Å². The van der Waals surface area contributed by atoms with Gasteiger partial charge >= 0.3 is 5.97 Å². The molecule has 2 aromatic heterocycles. The van der Waals surface area contributed by atoms with Crippen LogP contribution in [-0.2, 0) is 31.1 Å². The molecular formula is C44H60ClN3O5. The first-order valence-corrected chi connectivity index (χ1v) is 20.6. The Kier molecular flexibility index (Phi) is 9.43. The zero-order chi connectivity index (χ0) is 38.5. The highest BCUT2D eigenvalue weighted by atomic mass is 35.5. The highest BCUT2D eigenvalue weighted by Crippen LogP contribution is 2.73. The number of nitrogens with zero attached hydrogens (tertiary/aromatic N) is 3. The number of aromatic nitrogens is 3. The Hall–Kier alpha value is -3.00. The molecule has 53 heavy (non-hydrogen) atoms. The Bertz CT molecular complexity index is 1900. The molecule has 5 aliphatic rings. The van der Waals surface area contributed by atoms with Gasteiger partial charge < -0.3 is 9.53 Å². The zero-order valence-electron chi connectivity index (χ0n) is 33.4. The maximum atomic E-state index is 14.3. The SMILES string of the molecule is CCn1c(C23CCC4C(CC[C@H]5C4(C)CC[C@H]4C(C)(C)C(OC(=O)CC(C)(C)C=O)CCC45C)C2=C(C(C)C)C(=O)C3)cc(=O)n1-c1ccc(Cl)cn1. The van der Waals surface area contributed by atoms with Gasteiger partial charge in [0, 0.05) is 41.5 Å². The number of allylic oxidation sites excluding steroid dienone is 2. The van der Waals surface area contributed by atoms with Crippen LogP contribution in [0.2, 0.25) is 5.02 Å². The molecule has 2 heterocycles. The van der Waals surface area contributed by atoms with E-state index in [4.69, 9.17) is 16.3 Å². The molecule has 0 amide bonds. The van der Waals surface area contributed by atoms with Crippen molar-refractivity contribution in [1.82, 2.24) is 14.3 Å². The predicted molar refractivity (Wildman–Crippen MR) is 207 cm³/mol. The molecule has 0 aliphatic heterocycles. The van der Waals surface area contributed by atoms with Crippen LogP contribution in [0.25, 0.3) is 5.82 Å². The van der Waals surface area contributed by atoms with Crippen molar-refractivity contribution in [2.24, 2.45) is 51.2 Å². The molecule has 8 atom stereocenters. The number of fused-ring (bicyclic) bond motifs is 7. The quantitative estimate of drug-likeness (QED) is 0.198. The highest BCUT2D eigenvalue weighted by molar-refractivity contribution is 6.30. The zero-order valence-corrected chi connectivity index (χ0v) is 34.1.